The molecule has 0 spiro atoms. The summed E-state index contributed by atoms with van der Waals surface area (Å²) in [6, 6.07) is 8.27. The lowest BCUT2D eigenvalue weighted by molar-refractivity contribution is 0.579. The SMILES string of the molecule is O=S(=O)(NCc1cccnn1)c1ccc(Br)cc1Br. The van der Waals surface area contributed by atoms with Crippen LogP contribution in [0.2, 0.25) is 0 Å². The fraction of sp³-hybridized carbons (Fsp3) is 0.0909. The predicted octanol–water partition coefficient (Wildman–Crippen LogP) is 2.48. The lowest BCUT2D eigenvalue weighted by Crippen LogP contribution is -2.24. The van der Waals surface area contributed by atoms with Crippen LogP contribution in [0.25, 0.3) is 0 Å². The average molecular weight is 407 g/mol. The third-order valence-electron chi connectivity index (χ3n) is 2.25. The molecule has 1 aromatic heterocycles. The average Bonchev–Trinajstić information content (AvgIpc) is 2.37. The lowest BCUT2D eigenvalue weighted by Gasteiger charge is -2.08. The van der Waals surface area contributed by atoms with Crippen LogP contribution in [0.5, 0.6) is 0 Å². The van der Waals surface area contributed by atoms with Crippen LogP contribution in [-0.2, 0) is 16.6 Å². The van der Waals surface area contributed by atoms with Gasteiger partial charge in [0.1, 0.15) is 0 Å². The number of rotatable bonds is 4. The molecule has 1 N–H and O–H groups in total. The van der Waals surface area contributed by atoms with Gasteiger partial charge < -0.3 is 0 Å². The Balaban J connectivity index is 2.19. The van der Waals surface area contributed by atoms with Gasteiger partial charge in [-0.05, 0) is 46.3 Å². The lowest BCUT2D eigenvalue weighted by atomic mass is 10.4. The van der Waals surface area contributed by atoms with E-state index in [0.717, 1.165) is 4.47 Å². The third kappa shape index (κ3) is 3.82. The minimum absolute atomic E-state index is 0.0959. The molecule has 5 nitrogen and oxygen atoms in total. The van der Waals surface area contributed by atoms with Crippen molar-refractivity contribution >= 4 is 41.9 Å². The maximum absolute atomic E-state index is 12.1. The van der Waals surface area contributed by atoms with E-state index in [0.29, 0.717) is 10.2 Å². The summed E-state index contributed by atoms with van der Waals surface area (Å²) in [5, 5.41) is 7.50. The molecule has 19 heavy (non-hydrogen) atoms. The van der Waals surface area contributed by atoms with Gasteiger partial charge in [-0.15, -0.1) is 0 Å². The van der Waals surface area contributed by atoms with Crippen molar-refractivity contribution in [2.45, 2.75) is 11.4 Å². The van der Waals surface area contributed by atoms with Gasteiger partial charge in [0.2, 0.25) is 10.0 Å². The molecule has 0 aliphatic carbocycles. The quantitative estimate of drug-likeness (QED) is 0.846. The second-order valence-corrected chi connectivity index (χ2v) is 7.12. The minimum Gasteiger partial charge on any atom is -0.207 e. The van der Waals surface area contributed by atoms with Gasteiger partial charge in [-0.25, -0.2) is 13.1 Å². The Bertz CT molecular complexity index is 678. The van der Waals surface area contributed by atoms with Gasteiger partial charge in [0.05, 0.1) is 17.1 Å². The minimum atomic E-state index is -3.59. The van der Waals surface area contributed by atoms with E-state index in [2.05, 4.69) is 46.8 Å². The molecule has 0 amide bonds. The number of aromatic nitrogens is 2. The van der Waals surface area contributed by atoms with Gasteiger partial charge in [-0.1, -0.05) is 15.9 Å². The summed E-state index contributed by atoms with van der Waals surface area (Å²) in [5.74, 6) is 0. The molecule has 0 saturated carbocycles. The molecule has 8 heteroatoms. The maximum Gasteiger partial charge on any atom is 0.242 e. The normalized spacial score (nSPS) is 11.5. The molecule has 0 radical (unpaired) electrons. The van der Waals surface area contributed by atoms with Gasteiger partial charge in [-0.3, -0.25) is 0 Å². The van der Waals surface area contributed by atoms with E-state index in [-0.39, 0.29) is 11.4 Å². The number of nitrogens with zero attached hydrogens (tertiary/aromatic N) is 2. The molecule has 0 bridgehead atoms. The topological polar surface area (TPSA) is 72.0 Å². The number of benzene rings is 1. The number of hydrogen-bond acceptors (Lipinski definition) is 4. The first kappa shape index (κ1) is 14.6. The Morgan fingerprint density at radius 1 is 1.21 bits per heavy atom. The predicted molar refractivity (Wildman–Crippen MR) is 77.9 cm³/mol. The number of nitrogens with one attached hydrogen (secondary N) is 1. The highest BCUT2D eigenvalue weighted by atomic mass is 79.9. The molecule has 1 heterocycles. The van der Waals surface area contributed by atoms with Crippen molar-refractivity contribution in [2.24, 2.45) is 0 Å². The molecule has 2 rings (SSSR count). The Labute approximate surface area is 127 Å². The Kier molecular flexibility index (Phi) is 4.67. The zero-order valence-corrected chi connectivity index (χ0v) is 13.5. The van der Waals surface area contributed by atoms with Crippen molar-refractivity contribution in [3.8, 4) is 0 Å². The van der Waals surface area contributed by atoms with Crippen LogP contribution in [0.1, 0.15) is 5.69 Å². The molecule has 1 aromatic carbocycles. The second-order valence-electron chi connectivity index (χ2n) is 3.61. The van der Waals surface area contributed by atoms with Crippen molar-refractivity contribution < 1.29 is 8.42 Å². The highest BCUT2D eigenvalue weighted by Crippen LogP contribution is 2.25. The van der Waals surface area contributed by atoms with E-state index in [1.165, 1.54) is 12.3 Å². The fourth-order valence-electron chi connectivity index (χ4n) is 1.37. The van der Waals surface area contributed by atoms with Gasteiger partial charge in [0, 0.05) is 15.1 Å². The van der Waals surface area contributed by atoms with E-state index in [4.69, 9.17) is 0 Å². The monoisotopic (exact) mass is 405 g/mol. The van der Waals surface area contributed by atoms with E-state index < -0.39 is 10.0 Å². The van der Waals surface area contributed by atoms with Crippen LogP contribution in [0.4, 0.5) is 0 Å². The number of hydrogen-bond donors (Lipinski definition) is 1. The van der Waals surface area contributed by atoms with Gasteiger partial charge >= 0.3 is 0 Å². The first-order valence-corrected chi connectivity index (χ1v) is 8.27. The Hall–Kier alpha value is -0.830. The molecule has 0 atom stereocenters. The molecular weight excluding hydrogens is 398 g/mol. The molecule has 0 unspecified atom stereocenters. The van der Waals surface area contributed by atoms with Crippen LogP contribution < -0.4 is 4.72 Å². The largest absolute Gasteiger partial charge is 0.242 e. The molecule has 0 saturated heterocycles. The molecule has 0 aliphatic heterocycles. The summed E-state index contributed by atoms with van der Waals surface area (Å²) < 4.78 is 28.0. The van der Waals surface area contributed by atoms with Gasteiger partial charge in [-0.2, -0.15) is 10.2 Å². The summed E-state index contributed by atoms with van der Waals surface area (Å²) in [5.41, 5.74) is 0.555. The van der Waals surface area contributed by atoms with Crippen LogP contribution in [0.3, 0.4) is 0 Å². The van der Waals surface area contributed by atoms with Gasteiger partial charge in [0.15, 0.2) is 0 Å². The van der Waals surface area contributed by atoms with Crippen molar-refractivity contribution in [1.82, 2.24) is 14.9 Å². The third-order valence-corrected chi connectivity index (χ3v) is 5.13. The second kappa shape index (κ2) is 6.08. The van der Waals surface area contributed by atoms with Gasteiger partial charge in [0.25, 0.3) is 0 Å². The highest BCUT2D eigenvalue weighted by molar-refractivity contribution is 9.11. The van der Waals surface area contributed by atoms with Crippen LogP contribution in [-0.4, -0.2) is 18.6 Å². The molecule has 2 aromatic rings. The molecule has 0 aliphatic rings. The summed E-state index contributed by atoms with van der Waals surface area (Å²) in [6.07, 6.45) is 1.53. The molecule has 0 fully saturated rings. The molecular formula is C11H9Br2N3O2S. The number of sulfonamides is 1. The highest BCUT2D eigenvalue weighted by Gasteiger charge is 2.17. The summed E-state index contributed by atoms with van der Waals surface area (Å²) >= 11 is 6.51. The molecule has 100 valence electrons. The summed E-state index contributed by atoms with van der Waals surface area (Å²) in [4.78, 5) is 0.180. The van der Waals surface area contributed by atoms with E-state index in [1.807, 2.05) is 0 Å². The zero-order chi connectivity index (χ0) is 13.9. The van der Waals surface area contributed by atoms with E-state index in [1.54, 1.807) is 24.3 Å². The van der Waals surface area contributed by atoms with Crippen LogP contribution >= 0.6 is 31.9 Å². The first-order valence-electron chi connectivity index (χ1n) is 5.20. The fourth-order valence-corrected chi connectivity index (χ4v) is 4.11. The summed E-state index contributed by atoms with van der Waals surface area (Å²) in [7, 11) is -3.59. The van der Waals surface area contributed by atoms with Crippen molar-refractivity contribution in [3.63, 3.8) is 0 Å². The van der Waals surface area contributed by atoms with Crippen molar-refractivity contribution in [1.29, 1.82) is 0 Å². The summed E-state index contributed by atoms with van der Waals surface area (Å²) in [6.45, 7) is 0.0959. The maximum atomic E-state index is 12.1. The van der Waals surface area contributed by atoms with Crippen LogP contribution in [0, 0.1) is 0 Å². The van der Waals surface area contributed by atoms with Crippen molar-refractivity contribution in [2.75, 3.05) is 0 Å². The van der Waals surface area contributed by atoms with Crippen molar-refractivity contribution in [3.05, 3.63) is 51.2 Å². The van der Waals surface area contributed by atoms with E-state index in [9.17, 15) is 8.42 Å². The smallest absolute Gasteiger partial charge is 0.207 e. The zero-order valence-electron chi connectivity index (χ0n) is 9.55. The standard InChI is InChI=1S/C11H9Br2N3O2S/c12-8-3-4-11(10(13)6-8)19(17,18)15-7-9-2-1-5-14-16-9/h1-6,15H,7H2. The number of halogens is 2. The first-order chi connectivity index (χ1) is 8.99. The Morgan fingerprint density at radius 2 is 2.00 bits per heavy atom. The van der Waals surface area contributed by atoms with Crippen LogP contribution in [0.15, 0.2) is 50.4 Å². The Morgan fingerprint density at radius 3 is 2.63 bits per heavy atom. The van der Waals surface area contributed by atoms with E-state index >= 15 is 0 Å².